The molecule has 1 unspecified atom stereocenters. The molecule has 1 aromatic heterocycles. The van der Waals surface area contributed by atoms with Crippen LogP contribution in [0.3, 0.4) is 0 Å². The monoisotopic (exact) mass is 498 g/mol. The molecule has 186 valence electrons. The van der Waals surface area contributed by atoms with Gasteiger partial charge in [-0.05, 0) is 60.0 Å². The van der Waals surface area contributed by atoms with Crippen molar-refractivity contribution in [2.75, 3.05) is 26.2 Å². The second-order valence-corrected chi connectivity index (χ2v) is 11.5. The molecule has 8 nitrogen and oxygen atoms in total. The molecule has 2 aliphatic rings. The van der Waals surface area contributed by atoms with Crippen molar-refractivity contribution in [1.29, 1.82) is 0 Å². The van der Waals surface area contributed by atoms with Crippen LogP contribution in [0.25, 0.3) is 0 Å². The number of aromatic nitrogens is 4. The minimum atomic E-state index is -3.66. The van der Waals surface area contributed by atoms with Crippen LogP contribution >= 0.6 is 0 Å². The fourth-order valence-corrected chi connectivity index (χ4v) is 6.48. The summed E-state index contributed by atoms with van der Waals surface area (Å²) in [6, 6.07) is 13.4. The SMILES string of the molecule is Cc1ccc(S(=O)(=O)Cn2nnnc2C(c2ccc(F)cc2)N2CCN(C3CCCC3)CC2)cc1. The number of halogens is 1. The van der Waals surface area contributed by atoms with Crippen LogP contribution in [0, 0.1) is 12.7 Å². The van der Waals surface area contributed by atoms with E-state index in [0.717, 1.165) is 37.3 Å². The highest BCUT2D eigenvalue weighted by Crippen LogP contribution is 2.31. The molecule has 1 saturated heterocycles. The molecule has 0 amide bonds. The first kappa shape index (κ1) is 24.0. The van der Waals surface area contributed by atoms with Crippen molar-refractivity contribution in [3.05, 3.63) is 71.3 Å². The van der Waals surface area contributed by atoms with E-state index in [4.69, 9.17) is 0 Å². The first-order valence-corrected chi connectivity index (χ1v) is 13.8. The van der Waals surface area contributed by atoms with Gasteiger partial charge >= 0.3 is 0 Å². The number of hydrogen-bond donors (Lipinski definition) is 0. The van der Waals surface area contributed by atoms with Crippen molar-refractivity contribution in [3.63, 3.8) is 0 Å². The number of nitrogens with zero attached hydrogens (tertiary/aromatic N) is 6. The summed E-state index contributed by atoms with van der Waals surface area (Å²) in [4.78, 5) is 5.07. The molecule has 2 fully saturated rings. The number of rotatable bonds is 7. The van der Waals surface area contributed by atoms with Gasteiger partial charge in [-0.15, -0.1) is 5.10 Å². The van der Waals surface area contributed by atoms with Gasteiger partial charge in [0.2, 0.25) is 0 Å². The number of benzene rings is 2. The molecule has 0 bridgehead atoms. The van der Waals surface area contributed by atoms with E-state index < -0.39 is 9.84 Å². The predicted molar refractivity (Wildman–Crippen MR) is 130 cm³/mol. The summed E-state index contributed by atoms with van der Waals surface area (Å²) in [6.07, 6.45) is 5.12. The topological polar surface area (TPSA) is 84.2 Å². The van der Waals surface area contributed by atoms with E-state index in [9.17, 15) is 12.8 Å². The Morgan fingerprint density at radius 2 is 1.63 bits per heavy atom. The number of tetrazole rings is 1. The highest BCUT2D eigenvalue weighted by molar-refractivity contribution is 7.90. The molecule has 5 rings (SSSR count). The Morgan fingerprint density at radius 3 is 2.29 bits per heavy atom. The van der Waals surface area contributed by atoms with Crippen molar-refractivity contribution in [2.24, 2.45) is 0 Å². The second kappa shape index (κ2) is 10.1. The molecule has 2 aromatic carbocycles. The quantitative estimate of drug-likeness (QED) is 0.495. The van der Waals surface area contributed by atoms with E-state index in [1.165, 1.54) is 42.5 Å². The summed E-state index contributed by atoms with van der Waals surface area (Å²) >= 11 is 0. The first-order chi connectivity index (χ1) is 16.9. The Morgan fingerprint density at radius 1 is 0.971 bits per heavy atom. The summed E-state index contributed by atoms with van der Waals surface area (Å²) in [7, 11) is -3.66. The average Bonchev–Trinajstić information content (AvgIpc) is 3.54. The molecule has 10 heteroatoms. The summed E-state index contributed by atoms with van der Waals surface area (Å²) in [6.45, 7) is 5.39. The van der Waals surface area contributed by atoms with Crippen LogP contribution in [0.1, 0.15) is 48.7 Å². The van der Waals surface area contributed by atoms with Gasteiger partial charge in [0.1, 0.15) is 5.82 Å². The average molecular weight is 499 g/mol. The van der Waals surface area contributed by atoms with Crippen LogP contribution in [0.5, 0.6) is 0 Å². The van der Waals surface area contributed by atoms with Crippen molar-refractivity contribution < 1.29 is 12.8 Å². The van der Waals surface area contributed by atoms with Gasteiger partial charge in [-0.25, -0.2) is 17.5 Å². The summed E-state index contributed by atoms with van der Waals surface area (Å²) < 4.78 is 41.4. The van der Waals surface area contributed by atoms with E-state index in [0.29, 0.717) is 11.9 Å². The maximum absolute atomic E-state index is 13.7. The number of hydrogen-bond acceptors (Lipinski definition) is 7. The van der Waals surface area contributed by atoms with Crippen LogP contribution in [0.15, 0.2) is 53.4 Å². The Labute approximate surface area is 205 Å². The van der Waals surface area contributed by atoms with Crippen molar-refractivity contribution >= 4 is 9.84 Å². The molecule has 1 saturated carbocycles. The smallest absolute Gasteiger partial charge is 0.198 e. The molecule has 0 spiro atoms. The molecule has 35 heavy (non-hydrogen) atoms. The standard InChI is InChI=1S/C25H31FN6O2S/c1-19-6-12-23(13-7-19)35(33,34)18-32-25(27-28-29-32)24(20-8-10-21(26)11-9-20)31-16-14-30(15-17-31)22-4-2-3-5-22/h6-13,22,24H,2-5,14-18H2,1H3. The lowest BCUT2D eigenvalue weighted by Crippen LogP contribution is -2.51. The van der Waals surface area contributed by atoms with Gasteiger partial charge < -0.3 is 0 Å². The fraction of sp³-hybridized carbons (Fsp3) is 0.480. The van der Waals surface area contributed by atoms with Crippen molar-refractivity contribution in [1.82, 2.24) is 30.0 Å². The van der Waals surface area contributed by atoms with Crippen LogP contribution in [0.2, 0.25) is 0 Å². The first-order valence-electron chi connectivity index (χ1n) is 12.2. The van der Waals surface area contributed by atoms with Gasteiger partial charge in [0.05, 0.1) is 10.9 Å². The van der Waals surface area contributed by atoms with Crippen LogP contribution in [-0.4, -0.2) is 70.6 Å². The van der Waals surface area contributed by atoms with Gasteiger partial charge in [-0.2, -0.15) is 0 Å². The van der Waals surface area contributed by atoms with Crippen LogP contribution < -0.4 is 0 Å². The van der Waals surface area contributed by atoms with E-state index >= 15 is 0 Å². The lowest BCUT2D eigenvalue weighted by molar-refractivity contribution is 0.0772. The molecule has 1 atom stereocenters. The minimum absolute atomic E-state index is 0.230. The third-order valence-electron chi connectivity index (χ3n) is 7.22. The Hall–Kier alpha value is -2.69. The third kappa shape index (κ3) is 5.29. The highest BCUT2D eigenvalue weighted by Gasteiger charge is 2.34. The predicted octanol–water partition coefficient (Wildman–Crippen LogP) is 3.20. The van der Waals surface area contributed by atoms with Gasteiger partial charge in [-0.1, -0.05) is 42.7 Å². The van der Waals surface area contributed by atoms with Crippen molar-refractivity contribution in [2.45, 2.75) is 55.5 Å². The second-order valence-electron chi connectivity index (χ2n) is 9.56. The Balaban J connectivity index is 1.43. The van der Waals surface area contributed by atoms with Gasteiger partial charge in [0.15, 0.2) is 21.5 Å². The molecular weight excluding hydrogens is 467 g/mol. The molecule has 3 aromatic rings. The normalized spacial score (nSPS) is 19.3. The summed E-state index contributed by atoms with van der Waals surface area (Å²) in [5.41, 5.74) is 1.82. The maximum atomic E-state index is 13.7. The van der Waals surface area contributed by atoms with E-state index in [2.05, 4.69) is 25.3 Å². The fourth-order valence-electron chi connectivity index (χ4n) is 5.28. The third-order valence-corrected chi connectivity index (χ3v) is 8.79. The van der Waals surface area contributed by atoms with Gasteiger partial charge in [0, 0.05) is 32.2 Å². The number of piperazine rings is 1. The number of sulfone groups is 1. The molecule has 0 radical (unpaired) electrons. The number of aryl methyl sites for hydroxylation is 1. The lowest BCUT2D eigenvalue weighted by Gasteiger charge is -2.41. The van der Waals surface area contributed by atoms with Crippen LogP contribution in [0.4, 0.5) is 4.39 Å². The lowest BCUT2D eigenvalue weighted by atomic mass is 10.0. The molecule has 1 aliphatic carbocycles. The minimum Gasteiger partial charge on any atom is -0.298 e. The highest BCUT2D eigenvalue weighted by atomic mass is 32.2. The zero-order valence-corrected chi connectivity index (χ0v) is 20.7. The van der Waals surface area contributed by atoms with Gasteiger partial charge in [-0.3, -0.25) is 9.80 Å². The zero-order chi connectivity index (χ0) is 24.4. The zero-order valence-electron chi connectivity index (χ0n) is 19.9. The van der Waals surface area contributed by atoms with Crippen LogP contribution in [-0.2, 0) is 15.7 Å². The molecule has 1 aliphatic heterocycles. The summed E-state index contributed by atoms with van der Waals surface area (Å²) in [5.74, 6) is -0.236. The molecular formula is C25H31FN6O2S. The molecule has 0 N–H and O–H groups in total. The summed E-state index contributed by atoms with van der Waals surface area (Å²) in [5, 5.41) is 12.2. The van der Waals surface area contributed by atoms with E-state index in [1.807, 2.05) is 6.92 Å². The molecule has 2 heterocycles. The van der Waals surface area contributed by atoms with Gasteiger partial charge in [0.25, 0.3) is 0 Å². The largest absolute Gasteiger partial charge is 0.298 e. The Kier molecular flexibility index (Phi) is 6.95. The van der Waals surface area contributed by atoms with E-state index in [1.54, 1.807) is 36.4 Å². The Bertz CT molecular complexity index is 1230. The van der Waals surface area contributed by atoms with E-state index in [-0.39, 0.29) is 22.6 Å². The maximum Gasteiger partial charge on any atom is 0.198 e. The van der Waals surface area contributed by atoms with Crippen molar-refractivity contribution in [3.8, 4) is 0 Å².